The molecule has 0 saturated heterocycles. The third-order valence-corrected chi connectivity index (χ3v) is 3.58. The zero-order chi connectivity index (χ0) is 14.8. The van der Waals surface area contributed by atoms with Gasteiger partial charge in [-0.3, -0.25) is 4.79 Å². The molecule has 0 aliphatic carbocycles. The van der Waals surface area contributed by atoms with E-state index in [1.54, 1.807) is 17.2 Å². The van der Waals surface area contributed by atoms with Gasteiger partial charge in [0.2, 0.25) is 6.79 Å². The molecule has 1 amide bonds. The van der Waals surface area contributed by atoms with E-state index in [0.717, 1.165) is 17.1 Å². The number of hydrogen-bond acceptors (Lipinski definition) is 3. The number of carbonyl (C=O) groups is 1. The minimum absolute atomic E-state index is 0.0814. The van der Waals surface area contributed by atoms with Crippen LogP contribution in [0.2, 0.25) is 5.02 Å². The molecule has 0 radical (unpaired) electrons. The molecule has 0 fully saturated rings. The number of rotatable bonds is 4. The molecule has 5 nitrogen and oxygen atoms in total. The van der Waals surface area contributed by atoms with Crippen LogP contribution in [-0.2, 0) is 6.54 Å². The lowest BCUT2D eigenvalue weighted by Crippen LogP contribution is -2.30. The molecule has 1 aromatic carbocycles. The second kappa shape index (κ2) is 5.69. The highest BCUT2D eigenvalue weighted by atomic mass is 35.5. The van der Waals surface area contributed by atoms with Gasteiger partial charge in [-0.1, -0.05) is 17.7 Å². The summed E-state index contributed by atoms with van der Waals surface area (Å²) in [5.74, 6) is 1.38. The van der Waals surface area contributed by atoms with Gasteiger partial charge in [-0.2, -0.15) is 0 Å². The molecular formula is C15H15ClN2O3. The lowest BCUT2D eigenvalue weighted by molar-refractivity contribution is 0.0747. The molecule has 6 heteroatoms. The molecule has 1 aliphatic heterocycles. The first-order valence-corrected chi connectivity index (χ1v) is 7.07. The molecule has 1 aliphatic rings. The van der Waals surface area contributed by atoms with Crippen molar-refractivity contribution in [2.24, 2.45) is 0 Å². The van der Waals surface area contributed by atoms with Crippen LogP contribution in [0, 0.1) is 0 Å². The largest absolute Gasteiger partial charge is 0.454 e. The Hall–Kier alpha value is -2.14. The average molecular weight is 307 g/mol. The predicted molar refractivity (Wildman–Crippen MR) is 78.8 cm³/mol. The SMILES string of the molecule is CCN(Cc1ccc2c(c1)OCO2)C(=O)c1cc(Cl)c[nH]1. The van der Waals surface area contributed by atoms with Gasteiger partial charge in [0.1, 0.15) is 5.69 Å². The molecule has 110 valence electrons. The van der Waals surface area contributed by atoms with Crippen LogP contribution in [0.1, 0.15) is 23.0 Å². The van der Waals surface area contributed by atoms with Crippen LogP contribution in [-0.4, -0.2) is 29.1 Å². The third kappa shape index (κ3) is 2.83. The Morgan fingerprint density at radius 3 is 2.86 bits per heavy atom. The van der Waals surface area contributed by atoms with E-state index in [1.807, 2.05) is 25.1 Å². The second-order valence-electron chi connectivity index (χ2n) is 4.74. The van der Waals surface area contributed by atoms with Crippen molar-refractivity contribution in [2.45, 2.75) is 13.5 Å². The summed E-state index contributed by atoms with van der Waals surface area (Å²) in [5, 5.41) is 0.525. The molecule has 0 saturated carbocycles. The predicted octanol–water partition coefficient (Wildman–Crippen LogP) is 3.06. The first-order valence-electron chi connectivity index (χ1n) is 6.69. The normalized spacial score (nSPS) is 12.5. The number of hydrogen-bond donors (Lipinski definition) is 1. The zero-order valence-corrected chi connectivity index (χ0v) is 12.3. The van der Waals surface area contributed by atoms with Crippen molar-refractivity contribution in [3.63, 3.8) is 0 Å². The minimum atomic E-state index is -0.0814. The van der Waals surface area contributed by atoms with Crippen molar-refractivity contribution in [3.8, 4) is 11.5 Å². The molecular weight excluding hydrogens is 292 g/mol. The van der Waals surface area contributed by atoms with Gasteiger partial charge in [0.25, 0.3) is 5.91 Å². The Kier molecular flexibility index (Phi) is 3.75. The Labute approximate surface area is 127 Å². The van der Waals surface area contributed by atoms with Crippen LogP contribution in [0.3, 0.4) is 0 Å². The number of benzene rings is 1. The van der Waals surface area contributed by atoms with E-state index in [1.165, 1.54) is 0 Å². The first kappa shape index (κ1) is 13.8. The fourth-order valence-corrected chi connectivity index (χ4v) is 2.41. The molecule has 0 spiro atoms. The van der Waals surface area contributed by atoms with Crippen LogP contribution in [0.5, 0.6) is 11.5 Å². The van der Waals surface area contributed by atoms with Crippen molar-refractivity contribution in [3.05, 3.63) is 46.7 Å². The lowest BCUT2D eigenvalue weighted by atomic mass is 10.2. The summed E-state index contributed by atoms with van der Waals surface area (Å²) >= 11 is 5.84. The van der Waals surface area contributed by atoms with Crippen LogP contribution < -0.4 is 9.47 Å². The van der Waals surface area contributed by atoms with Crippen molar-refractivity contribution in [2.75, 3.05) is 13.3 Å². The smallest absolute Gasteiger partial charge is 0.270 e. The molecule has 0 unspecified atom stereocenters. The molecule has 2 heterocycles. The zero-order valence-electron chi connectivity index (χ0n) is 11.6. The van der Waals surface area contributed by atoms with E-state index in [0.29, 0.717) is 23.8 Å². The monoisotopic (exact) mass is 306 g/mol. The quantitative estimate of drug-likeness (QED) is 0.944. The van der Waals surface area contributed by atoms with Gasteiger partial charge in [0.15, 0.2) is 11.5 Å². The summed E-state index contributed by atoms with van der Waals surface area (Å²) in [4.78, 5) is 17.0. The van der Waals surface area contributed by atoms with E-state index < -0.39 is 0 Å². The summed E-state index contributed by atoms with van der Waals surface area (Å²) in [5.41, 5.74) is 1.48. The number of ether oxygens (including phenoxy) is 2. The molecule has 1 N–H and O–H groups in total. The Morgan fingerprint density at radius 1 is 1.33 bits per heavy atom. The molecule has 2 aromatic rings. The average Bonchev–Trinajstić information content (AvgIpc) is 3.12. The molecule has 0 atom stereocenters. The molecule has 0 bridgehead atoms. The van der Waals surface area contributed by atoms with Gasteiger partial charge >= 0.3 is 0 Å². The number of aromatic nitrogens is 1. The molecule has 3 rings (SSSR count). The van der Waals surface area contributed by atoms with Gasteiger partial charge in [0.05, 0.1) is 5.02 Å². The van der Waals surface area contributed by atoms with Gasteiger partial charge in [0, 0.05) is 19.3 Å². The first-order chi connectivity index (χ1) is 10.2. The fourth-order valence-electron chi connectivity index (χ4n) is 2.25. The second-order valence-corrected chi connectivity index (χ2v) is 5.17. The minimum Gasteiger partial charge on any atom is -0.454 e. The van der Waals surface area contributed by atoms with Crippen molar-refractivity contribution in [1.29, 1.82) is 0 Å². The summed E-state index contributed by atoms with van der Waals surface area (Å²) in [6.45, 7) is 3.29. The Morgan fingerprint density at radius 2 is 2.14 bits per heavy atom. The van der Waals surface area contributed by atoms with Crippen LogP contribution in [0.15, 0.2) is 30.5 Å². The van der Waals surface area contributed by atoms with Gasteiger partial charge in [-0.15, -0.1) is 0 Å². The van der Waals surface area contributed by atoms with Crippen molar-refractivity contribution < 1.29 is 14.3 Å². The van der Waals surface area contributed by atoms with E-state index in [-0.39, 0.29) is 12.7 Å². The van der Waals surface area contributed by atoms with Crippen molar-refractivity contribution in [1.82, 2.24) is 9.88 Å². The number of H-pyrrole nitrogens is 1. The topological polar surface area (TPSA) is 54.6 Å². The Bertz CT molecular complexity index is 669. The maximum atomic E-state index is 12.4. The van der Waals surface area contributed by atoms with E-state index >= 15 is 0 Å². The lowest BCUT2D eigenvalue weighted by Gasteiger charge is -2.20. The van der Waals surface area contributed by atoms with Gasteiger partial charge in [-0.05, 0) is 30.7 Å². The van der Waals surface area contributed by atoms with E-state index in [9.17, 15) is 4.79 Å². The summed E-state index contributed by atoms with van der Waals surface area (Å²) in [6.07, 6.45) is 1.60. The highest BCUT2D eigenvalue weighted by Crippen LogP contribution is 2.32. The van der Waals surface area contributed by atoms with Crippen LogP contribution in [0.4, 0.5) is 0 Å². The highest BCUT2D eigenvalue weighted by molar-refractivity contribution is 6.30. The third-order valence-electron chi connectivity index (χ3n) is 3.36. The highest BCUT2D eigenvalue weighted by Gasteiger charge is 2.18. The number of amides is 1. The van der Waals surface area contributed by atoms with Crippen LogP contribution in [0.25, 0.3) is 0 Å². The summed E-state index contributed by atoms with van der Waals surface area (Å²) in [7, 11) is 0. The van der Waals surface area contributed by atoms with E-state index in [4.69, 9.17) is 21.1 Å². The Balaban J connectivity index is 1.76. The standard InChI is InChI=1S/C15H15ClN2O3/c1-2-18(15(19)12-6-11(16)7-17-12)8-10-3-4-13-14(5-10)21-9-20-13/h3-7,17H,2,8-9H2,1H3. The number of carbonyl (C=O) groups excluding carboxylic acids is 1. The number of fused-ring (bicyclic) bond motifs is 1. The number of nitrogens with one attached hydrogen (secondary N) is 1. The number of halogens is 1. The van der Waals surface area contributed by atoms with E-state index in [2.05, 4.69) is 4.98 Å². The molecule has 21 heavy (non-hydrogen) atoms. The number of nitrogens with zero attached hydrogens (tertiary/aromatic N) is 1. The van der Waals surface area contributed by atoms with Crippen LogP contribution >= 0.6 is 11.6 Å². The number of aromatic amines is 1. The van der Waals surface area contributed by atoms with Gasteiger partial charge in [-0.25, -0.2) is 0 Å². The van der Waals surface area contributed by atoms with Gasteiger partial charge < -0.3 is 19.4 Å². The maximum absolute atomic E-state index is 12.4. The molecule has 1 aromatic heterocycles. The fraction of sp³-hybridized carbons (Fsp3) is 0.267. The van der Waals surface area contributed by atoms with Crippen molar-refractivity contribution >= 4 is 17.5 Å². The summed E-state index contributed by atoms with van der Waals surface area (Å²) < 4.78 is 10.6. The summed E-state index contributed by atoms with van der Waals surface area (Å²) in [6, 6.07) is 7.33. The maximum Gasteiger partial charge on any atom is 0.270 e.